The van der Waals surface area contributed by atoms with Crippen LogP contribution in [0.5, 0.6) is 0 Å². The second-order valence-corrected chi connectivity index (χ2v) is 5.99. The molecule has 0 unspecified atom stereocenters. The Kier molecular flexibility index (Phi) is 5.07. The van der Waals surface area contributed by atoms with Crippen LogP contribution in [0.4, 0.5) is 0 Å². The van der Waals surface area contributed by atoms with E-state index < -0.39 is 0 Å². The van der Waals surface area contributed by atoms with Crippen molar-refractivity contribution in [2.24, 2.45) is 0 Å². The summed E-state index contributed by atoms with van der Waals surface area (Å²) in [4.78, 5) is 12.6. The Morgan fingerprint density at radius 1 is 0.792 bits per heavy atom. The molecule has 1 N–H and O–H groups in total. The molecule has 0 aliphatic carbocycles. The number of rotatable bonds is 5. The first-order valence-corrected chi connectivity index (χ1v) is 8.18. The molecular weight excluding hydrogens is 294 g/mol. The standard InChI is InChI=1S/C22H21NO/c1-17-11-13-19(14-12-17)16-23-22(24)21-10-6-5-9-20(21)15-18-7-3-2-4-8-18/h2-14H,15-16H2,1H3,(H,23,24). The molecule has 0 spiro atoms. The Morgan fingerprint density at radius 2 is 1.46 bits per heavy atom. The molecule has 0 heterocycles. The third-order valence-electron chi connectivity index (χ3n) is 4.07. The molecule has 24 heavy (non-hydrogen) atoms. The zero-order valence-electron chi connectivity index (χ0n) is 13.8. The highest BCUT2D eigenvalue weighted by molar-refractivity contribution is 5.95. The summed E-state index contributed by atoms with van der Waals surface area (Å²) >= 11 is 0. The molecule has 0 radical (unpaired) electrons. The van der Waals surface area contributed by atoms with Gasteiger partial charge < -0.3 is 5.32 Å². The topological polar surface area (TPSA) is 29.1 Å². The van der Waals surface area contributed by atoms with Gasteiger partial charge in [0, 0.05) is 12.1 Å². The van der Waals surface area contributed by atoms with Gasteiger partial charge in [-0.05, 0) is 36.1 Å². The van der Waals surface area contributed by atoms with Crippen LogP contribution in [-0.2, 0) is 13.0 Å². The molecule has 0 saturated heterocycles. The quantitative estimate of drug-likeness (QED) is 0.737. The molecule has 2 nitrogen and oxygen atoms in total. The van der Waals surface area contributed by atoms with E-state index in [9.17, 15) is 4.79 Å². The highest BCUT2D eigenvalue weighted by Crippen LogP contribution is 2.15. The van der Waals surface area contributed by atoms with E-state index in [0.29, 0.717) is 6.54 Å². The molecular formula is C22H21NO. The Balaban J connectivity index is 1.71. The smallest absolute Gasteiger partial charge is 0.251 e. The average Bonchev–Trinajstić information content (AvgIpc) is 2.62. The zero-order valence-corrected chi connectivity index (χ0v) is 13.8. The average molecular weight is 315 g/mol. The van der Waals surface area contributed by atoms with Crippen molar-refractivity contribution in [1.82, 2.24) is 5.32 Å². The van der Waals surface area contributed by atoms with Crippen LogP contribution in [0.1, 0.15) is 32.6 Å². The normalized spacial score (nSPS) is 10.4. The minimum absolute atomic E-state index is 0.0258. The van der Waals surface area contributed by atoms with E-state index >= 15 is 0 Å². The molecule has 3 aromatic carbocycles. The molecule has 0 aromatic heterocycles. The molecule has 0 fully saturated rings. The van der Waals surface area contributed by atoms with Crippen molar-refractivity contribution in [3.8, 4) is 0 Å². The summed E-state index contributed by atoms with van der Waals surface area (Å²) < 4.78 is 0. The van der Waals surface area contributed by atoms with Crippen molar-refractivity contribution in [2.75, 3.05) is 0 Å². The summed E-state index contributed by atoms with van der Waals surface area (Å²) in [5, 5.41) is 3.02. The number of aryl methyl sites for hydroxylation is 1. The van der Waals surface area contributed by atoms with Gasteiger partial charge >= 0.3 is 0 Å². The van der Waals surface area contributed by atoms with Gasteiger partial charge in [-0.1, -0.05) is 78.4 Å². The van der Waals surface area contributed by atoms with Gasteiger partial charge in [0.1, 0.15) is 0 Å². The fourth-order valence-electron chi connectivity index (χ4n) is 2.70. The lowest BCUT2D eigenvalue weighted by atomic mass is 9.99. The number of benzene rings is 3. The zero-order chi connectivity index (χ0) is 16.8. The number of nitrogens with one attached hydrogen (secondary N) is 1. The lowest BCUT2D eigenvalue weighted by Crippen LogP contribution is -2.24. The van der Waals surface area contributed by atoms with E-state index in [1.54, 1.807) is 0 Å². The number of hydrogen-bond acceptors (Lipinski definition) is 1. The monoisotopic (exact) mass is 315 g/mol. The van der Waals surface area contributed by atoms with Crippen molar-refractivity contribution < 1.29 is 4.79 Å². The molecule has 0 aliphatic heterocycles. The van der Waals surface area contributed by atoms with Gasteiger partial charge in [0.2, 0.25) is 0 Å². The van der Waals surface area contributed by atoms with Crippen molar-refractivity contribution in [3.63, 3.8) is 0 Å². The summed E-state index contributed by atoms with van der Waals surface area (Å²) in [7, 11) is 0. The number of amides is 1. The van der Waals surface area contributed by atoms with Gasteiger partial charge in [0.15, 0.2) is 0 Å². The Hall–Kier alpha value is -2.87. The number of carbonyl (C=O) groups excluding carboxylic acids is 1. The summed E-state index contributed by atoms with van der Waals surface area (Å²) in [6.07, 6.45) is 0.759. The van der Waals surface area contributed by atoms with Crippen LogP contribution in [0.15, 0.2) is 78.9 Å². The molecule has 0 saturated carbocycles. The van der Waals surface area contributed by atoms with Gasteiger partial charge in [0.25, 0.3) is 5.91 Å². The number of hydrogen-bond donors (Lipinski definition) is 1. The Labute approximate surface area is 143 Å². The fourth-order valence-corrected chi connectivity index (χ4v) is 2.70. The molecule has 0 bridgehead atoms. The number of carbonyl (C=O) groups is 1. The van der Waals surface area contributed by atoms with Gasteiger partial charge in [-0.2, -0.15) is 0 Å². The summed E-state index contributed by atoms with van der Waals surface area (Å²) in [5.74, 6) is -0.0258. The van der Waals surface area contributed by atoms with Crippen molar-refractivity contribution in [3.05, 3.63) is 107 Å². The van der Waals surface area contributed by atoms with Gasteiger partial charge in [0.05, 0.1) is 0 Å². The van der Waals surface area contributed by atoms with E-state index in [-0.39, 0.29) is 5.91 Å². The van der Waals surface area contributed by atoms with E-state index in [1.165, 1.54) is 11.1 Å². The Bertz CT molecular complexity index is 807. The van der Waals surface area contributed by atoms with Crippen LogP contribution in [0.2, 0.25) is 0 Å². The maximum atomic E-state index is 12.6. The first kappa shape index (κ1) is 16.0. The largest absolute Gasteiger partial charge is 0.348 e. The predicted molar refractivity (Wildman–Crippen MR) is 98.0 cm³/mol. The van der Waals surface area contributed by atoms with Gasteiger partial charge in [-0.15, -0.1) is 0 Å². The third-order valence-corrected chi connectivity index (χ3v) is 4.07. The minimum atomic E-state index is -0.0258. The first-order valence-electron chi connectivity index (χ1n) is 8.18. The van der Waals surface area contributed by atoms with E-state index in [1.807, 2.05) is 54.6 Å². The third kappa shape index (κ3) is 4.11. The predicted octanol–water partition coefficient (Wildman–Crippen LogP) is 4.52. The van der Waals surface area contributed by atoms with Crippen LogP contribution in [-0.4, -0.2) is 5.91 Å². The van der Waals surface area contributed by atoms with Crippen molar-refractivity contribution in [1.29, 1.82) is 0 Å². The second-order valence-electron chi connectivity index (χ2n) is 5.99. The molecule has 120 valence electrons. The molecule has 0 atom stereocenters. The van der Waals surface area contributed by atoms with Gasteiger partial charge in [-0.25, -0.2) is 0 Å². The van der Waals surface area contributed by atoms with Crippen LogP contribution in [0.3, 0.4) is 0 Å². The molecule has 3 rings (SSSR count). The summed E-state index contributed by atoms with van der Waals surface area (Å²) in [5.41, 5.74) is 5.32. The lowest BCUT2D eigenvalue weighted by Gasteiger charge is -2.11. The lowest BCUT2D eigenvalue weighted by molar-refractivity contribution is 0.0950. The fraction of sp³-hybridized carbons (Fsp3) is 0.136. The van der Waals surface area contributed by atoms with E-state index in [4.69, 9.17) is 0 Å². The Morgan fingerprint density at radius 3 is 2.21 bits per heavy atom. The van der Waals surface area contributed by atoms with Crippen LogP contribution in [0, 0.1) is 6.92 Å². The maximum Gasteiger partial charge on any atom is 0.251 e. The van der Waals surface area contributed by atoms with Crippen LogP contribution < -0.4 is 5.32 Å². The molecule has 1 amide bonds. The van der Waals surface area contributed by atoms with Gasteiger partial charge in [-0.3, -0.25) is 4.79 Å². The SMILES string of the molecule is Cc1ccc(CNC(=O)c2ccccc2Cc2ccccc2)cc1. The first-order chi connectivity index (χ1) is 11.7. The van der Waals surface area contributed by atoms with Crippen LogP contribution >= 0.6 is 0 Å². The van der Waals surface area contributed by atoms with E-state index in [2.05, 4.69) is 36.5 Å². The van der Waals surface area contributed by atoms with Crippen molar-refractivity contribution in [2.45, 2.75) is 19.9 Å². The molecule has 3 aromatic rings. The second kappa shape index (κ2) is 7.60. The van der Waals surface area contributed by atoms with Crippen LogP contribution in [0.25, 0.3) is 0 Å². The summed E-state index contributed by atoms with van der Waals surface area (Å²) in [6, 6.07) is 26.2. The molecule has 2 heteroatoms. The highest BCUT2D eigenvalue weighted by atomic mass is 16.1. The molecule has 0 aliphatic rings. The maximum absolute atomic E-state index is 12.6. The minimum Gasteiger partial charge on any atom is -0.348 e. The summed E-state index contributed by atoms with van der Waals surface area (Å²) in [6.45, 7) is 2.60. The highest BCUT2D eigenvalue weighted by Gasteiger charge is 2.11. The van der Waals surface area contributed by atoms with Crippen molar-refractivity contribution >= 4 is 5.91 Å². The van der Waals surface area contributed by atoms with E-state index in [0.717, 1.165) is 23.1 Å².